The summed E-state index contributed by atoms with van der Waals surface area (Å²) in [5.41, 5.74) is 7.61. The predicted octanol–water partition coefficient (Wildman–Crippen LogP) is 10.2. The fraction of sp³-hybridized carbons (Fsp3) is 0.214. The van der Waals surface area contributed by atoms with Gasteiger partial charge in [-0.25, -0.2) is 0 Å². The third kappa shape index (κ3) is 10.7. The van der Waals surface area contributed by atoms with Gasteiger partial charge >= 0.3 is 0 Å². The van der Waals surface area contributed by atoms with Gasteiger partial charge in [0.15, 0.2) is 0 Å². The van der Waals surface area contributed by atoms with Gasteiger partial charge in [0.25, 0.3) is 0 Å². The highest BCUT2D eigenvalue weighted by Crippen LogP contribution is 2.41. The smallest absolute Gasteiger partial charge is 0.242 e. The van der Waals surface area contributed by atoms with Crippen molar-refractivity contribution in [3.63, 3.8) is 0 Å². The number of nitrogens with one attached hydrogen (secondary N) is 4. The Morgan fingerprint density at radius 1 is 0.547 bits per heavy atom. The minimum atomic E-state index is -1.04. The van der Waals surface area contributed by atoms with Crippen LogP contribution in [-0.2, 0) is 40.2 Å². The monoisotopic (exact) mass is 868 g/mol. The van der Waals surface area contributed by atoms with Crippen molar-refractivity contribution in [1.82, 2.24) is 21.3 Å². The Kier molecular flexibility index (Phi) is 15.6. The van der Waals surface area contributed by atoms with Crippen LogP contribution in [-0.4, -0.2) is 29.2 Å². The molecule has 8 heteroatoms. The maximum absolute atomic E-state index is 13.7. The van der Waals surface area contributed by atoms with Crippen LogP contribution in [0.1, 0.15) is 83.2 Å². The van der Waals surface area contributed by atoms with E-state index in [0.29, 0.717) is 11.6 Å². The fourth-order valence-electron chi connectivity index (χ4n) is 8.74. The molecule has 3 atom stereocenters. The normalized spacial score (nSPS) is 13.3. The van der Waals surface area contributed by atoms with Crippen LogP contribution in [0.2, 0.25) is 5.02 Å². The summed E-state index contributed by atoms with van der Waals surface area (Å²) >= 11 is 7.02. The molecular weight excluding hydrogens is 812 g/mol. The van der Waals surface area contributed by atoms with Crippen LogP contribution >= 0.6 is 11.6 Å². The fourth-order valence-corrected chi connectivity index (χ4v) is 9.02. The molecule has 0 spiro atoms. The molecule has 0 bridgehead atoms. The quantitative estimate of drug-likeness (QED) is 0.0388. The van der Waals surface area contributed by atoms with Crippen LogP contribution in [0.5, 0.6) is 0 Å². The summed E-state index contributed by atoms with van der Waals surface area (Å²) in [5.74, 6) is -0.655. The number of carbonyl (C=O) groups is 2. The number of aliphatic hydroxyl groups is 1. The van der Waals surface area contributed by atoms with Gasteiger partial charge in [0.1, 0.15) is 12.3 Å². The first kappa shape index (κ1) is 45.7. The molecule has 7 aromatic carbocycles. The number of aliphatic hydroxyl groups excluding tert-OH is 1. The number of amides is 2. The van der Waals surface area contributed by atoms with E-state index in [1.807, 2.05) is 127 Å². The lowest BCUT2D eigenvalue weighted by Crippen LogP contribution is -2.51. The summed E-state index contributed by atoms with van der Waals surface area (Å²) in [4.78, 5) is 26.1. The molecule has 0 aliphatic heterocycles. The highest BCUT2D eigenvalue weighted by atomic mass is 35.5. The number of benzene rings is 7. The van der Waals surface area contributed by atoms with Gasteiger partial charge in [-0.2, -0.15) is 0 Å². The van der Waals surface area contributed by atoms with Gasteiger partial charge in [-0.05, 0) is 75.4 Å². The highest BCUT2D eigenvalue weighted by Gasteiger charge is 2.39. The zero-order valence-corrected chi connectivity index (χ0v) is 37.3. The number of carbonyl (C=O) groups excluding carboxylic acids is 2. The van der Waals surface area contributed by atoms with E-state index in [1.54, 1.807) is 0 Å². The second-order valence-corrected chi connectivity index (χ2v) is 16.7. The van der Waals surface area contributed by atoms with E-state index in [2.05, 4.69) is 94.9 Å². The van der Waals surface area contributed by atoms with Crippen LogP contribution in [0.4, 0.5) is 0 Å². The third-order valence-corrected chi connectivity index (χ3v) is 12.2. The molecule has 2 unspecified atom stereocenters. The van der Waals surface area contributed by atoms with Gasteiger partial charge in [-0.15, -0.1) is 0 Å². The van der Waals surface area contributed by atoms with Crippen molar-refractivity contribution in [1.29, 1.82) is 0 Å². The summed E-state index contributed by atoms with van der Waals surface area (Å²) in [6.45, 7) is 4.38. The van der Waals surface area contributed by atoms with Crippen molar-refractivity contribution in [2.75, 3.05) is 0 Å². The maximum Gasteiger partial charge on any atom is 0.242 e. The molecule has 64 heavy (non-hydrogen) atoms. The van der Waals surface area contributed by atoms with Crippen LogP contribution in [0.3, 0.4) is 0 Å². The van der Waals surface area contributed by atoms with Gasteiger partial charge in [0, 0.05) is 25.0 Å². The second kappa shape index (κ2) is 21.8. The molecule has 0 aliphatic carbocycles. The first-order valence-electron chi connectivity index (χ1n) is 22.1. The number of halogens is 1. The molecule has 0 saturated carbocycles. The Morgan fingerprint density at radius 2 is 0.984 bits per heavy atom. The van der Waals surface area contributed by atoms with E-state index in [-0.39, 0.29) is 31.2 Å². The van der Waals surface area contributed by atoms with Crippen molar-refractivity contribution < 1.29 is 14.7 Å². The SMILES string of the molecule is CCCc1ccc(C(NCc2ccc(CNC(=O)[C@H](CCC(O)NC(c3ccccc3)(c3ccccc3)c3ccccc3)NC(C)=O)cc2)(c2ccccc2)c2ccccc2Cl)cc1. The van der Waals surface area contributed by atoms with Crippen LogP contribution in [0.15, 0.2) is 194 Å². The average molecular weight is 870 g/mol. The first-order valence-corrected chi connectivity index (χ1v) is 22.5. The molecule has 326 valence electrons. The Hall–Kier alpha value is -6.35. The number of hydrogen-bond acceptors (Lipinski definition) is 5. The molecule has 0 radical (unpaired) electrons. The number of hydrogen-bond donors (Lipinski definition) is 5. The summed E-state index contributed by atoms with van der Waals surface area (Å²) in [7, 11) is 0. The molecule has 5 N–H and O–H groups in total. The summed E-state index contributed by atoms with van der Waals surface area (Å²) in [6, 6.07) is 64.6. The number of rotatable bonds is 20. The van der Waals surface area contributed by atoms with Crippen molar-refractivity contribution in [3.05, 3.63) is 249 Å². The molecule has 2 amide bonds. The van der Waals surface area contributed by atoms with Crippen LogP contribution in [0, 0.1) is 0 Å². The summed E-state index contributed by atoms with van der Waals surface area (Å²) < 4.78 is 0. The van der Waals surface area contributed by atoms with Crippen LogP contribution in [0.25, 0.3) is 0 Å². The Labute approximate surface area is 383 Å². The molecule has 7 rings (SSSR count). The Bertz CT molecular complexity index is 2440. The van der Waals surface area contributed by atoms with Crippen LogP contribution < -0.4 is 21.3 Å². The van der Waals surface area contributed by atoms with Gasteiger partial charge in [0.05, 0.1) is 11.1 Å². The molecule has 0 aromatic heterocycles. The van der Waals surface area contributed by atoms with Gasteiger partial charge in [-0.1, -0.05) is 213 Å². The van der Waals surface area contributed by atoms with E-state index in [1.165, 1.54) is 12.5 Å². The van der Waals surface area contributed by atoms with Gasteiger partial charge < -0.3 is 15.7 Å². The lowest BCUT2D eigenvalue weighted by Gasteiger charge is -2.39. The van der Waals surface area contributed by atoms with Crippen molar-refractivity contribution in [2.24, 2.45) is 0 Å². The molecule has 0 saturated heterocycles. The van der Waals surface area contributed by atoms with Crippen molar-refractivity contribution in [3.8, 4) is 0 Å². The van der Waals surface area contributed by atoms with E-state index in [0.717, 1.165) is 57.3 Å². The van der Waals surface area contributed by atoms with E-state index in [4.69, 9.17) is 11.6 Å². The standard InChI is InChI=1S/C56H57ClN4O3/c1-3-18-42-33-35-49(36-34-42)56(48-25-14-7-15-26-48,50-27-16-17-28-51(50)57)59-40-44-31-29-43(30-32-44)39-58-54(64)52(60-41(2)62)37-38-53(63)61-55(45-19-8-4-9-20-45,46-21-10-5-11-22-46)47-23-12-6-13-24-47/h4-17,19-36,52-53,59,61,63H,3,18,37-40H2,1-2H3,(H,58,64)(H,60,62)/t52-,53?,56?/m0/s1. The van der Waals surface area contributed by atoms with Gasteiger partial charge in [0.2, 0.25) is 11.8 Å². The van der Waals surface area contributed by atoms with E-state index >= 15 is 0 Å². The average Bonchev–Trinajstić information content (AvgIpc) is 3.34. The number of aryl methyl sites for hydroxylation is 1. The Balaban J connectivity index is 1.05. The summed E-state index contributed by atoms with van der Waals surface area (Å²) in [5, 5.41) is 25.7. The molecule has 7 nitrogen and oxygen atoms in total. The predicted molar refractivity (Wildman–Crippen MR) is 259 cm³/mol. The lowest BCUT2D eigenvalue weighted by molar-refractivity contribution is -0.128. The third-order valence-electron chi connectivity index (χ3n) is 11.9. The lowest BCUT2D eigenvalue weighted by atomic mass is 9.76. The maximum atomic E-state index is 13.7. The zero-order chi connectivity index (χ0) is 44.8. The first-order chi connectivity index (χ1) is 31.2. The molecule has 0 fully saturated rings. The summed E-state index contributed by atoms with van der Waals surface area (Å²) in [6.07, 6.45) is 1.44. The molecule has 0 heterocycles. The van der Waals surface area contributed by atoms with E-state index in [9.17, 15) is 14.7 Å². The Morgan fingerprint density at radius 3 is 1.47 bits per heavy atom. The molecule has 0 aliphatic rings. The van der Waals surface area contributed by atoms with E-state index < -0.39 is 23.3 Å². The van der Waals surface area contributed by atoms with Crippen molar-refractivity contribution in [2.45, 2.75) is 76.0 Å². The second-order valence-electron chi connectivity index (χ2n) is 16.3. The molecular formula is C56H57ClN4O3. The topological polar surface area (TPSA) is 102 Å². The van der Waals surface area contributed by atoms with Crippen molar-refractivity contribution >= 4 is 23.4 Å². The highest BCUT2D eigenvalue weighted by molar-refractivity contribution is 6.31. The zero-order valence-electron chi connectivity index (χ0n) is 36.5. The minimum Gasteiger partial charge on any atom is -0.379 e. The molecule has 7 aromatic rings. The largest absolute Gasteiger partial charge is 0.379 e. The van der Waals surface area contributed by atoms with Gasteiger partial charge in [-0.3, -0.25) is 20.2 Å². The minimum absolute atomic E-state index is 0.190.